The lowest BCUT2D eigenvalue weighted by atomic mass is 9.54. The van der Waals surface area contributed by atoms with Crippen LogP contribution in [0.15, 0.2) is 12.4 Å². The van der Waals surface area contributed by atoms with Gasteiger partial charge >= 0.3 is 0 Å². The maximum Gasteiger partial charge on any atom is 0.271 e. The molecule has 106 valence electrons. The first kappa shape index (κ1) is 12.6. The Kier molecular flexibility index (Phi) is 2.95. The molecule has 4 fully saturated rings. The molecule has 1 N–H and O–H groups in total. The standard InChI is InChI=1S/C15H18ClN3O/c16-13-7-17-12(6-18-13)15(20)19-14-10-2-8-1-9(4-10)5-11(14)3-8/h6-11,14H,1-5H2,(H,19,20). The van der Waals surface area contributed by atoms with Crippen LogP contribution in [-0.4, -0.2) is 21.9 Å². The molecule has 0 saturated heterocycles. The molecule has 4 nitrogen and oxygen atoms in total. The average molecular weight is 292 g/mol. The van der Waals surface area contributed by atoms with Crippen molar-refractivity contribution in [1.82, 2.24) is 15.3 Å². The van der Waals surface area contributed by atoms with Crippen LogP contribution in [0.25, 0.3) is 0 Å². The second-order valence-electron chi connectivity index (χ2n) is 6.65. The summed E-state index contributed by atoms with van der Waals surface area (Å²) in [4.78, 5) is 20.3. The van der Waals surface area contributed by atoms with E-state index in [2.05, 4.69) is 15.3 Å². The van der Waals surface area contributed by atoms with Crippen molar-refractivity contribution in [3.05, 3.63) is 23.2 Å². The van der Waals surface area contributed by atoms with E-state index in [1.54, 1.807) is 0 Å². The van der Waals surface area contributed by atoms with Crippen molar-refractivity contribution >= 4 is 17.5 Å². The summed E-state index contributed by atoms with van der Waals surface area (Å²) in [7, 11) is 0. The molecule has 1 heterocycles. The molecule has 0 unspecified atom stereocenters. The Bertz CT molecular complexity index is 502. The van der Waals surface area contributed by atoms with E-state index in [9.17, 15) is 4.79 Å². The molecular formula is C15H18ClN3O. The van der Waals surface area contributed by atoms with Gasteiger partial charge in [0, 0.05) is 6.04 Å². The van der Waals surface area contributed by atoms with Crippen LogP contribution in [0, 0.1) is 23.7 Å². The summed E-state index contributed by atoms with van der Waals surface area (Å²) >= 11 is 5.70. The zero-order valence-electron chi connectivity index (χ0n) is 11.3. The summed E-state index contributed by atoms with van der Waals surface area (Å²) in [5.41, 5.74) is 0.364. The van der Waals surface area contributed by atoms with Crippen molar-refractivity contribution in [2.24, 2.45) is 23.7 Å². The number of rotatable bonds is 2. The summed E-state index contributed by atoms with van der Waals surface area (Å²) in [6.45, 7) is 0. The Morgan fingerprint density at radius 1 is 1.05 bits per heavy atom. The van der Waals surface area contributed by atoms with Gasteiger partial charge in [0.2, 0.25) is 0 Å². The van der Waals surface area contributed by atoms with Gasteiger partial charge in [-0.3, -0.25) is 4.79 Å². The van der Waals surface area contributed by atoms with Gasteiger partial charge in [0.05, 0.1) is 12.4 Å². The maximum absolute atomic E-state index is 12.3. The van der Waals surface area contributed by atoms with Crippen molar-refractivity contribution < 1.29 is 4.79 Å². The van der Waals surface area contributed by atoms with E-state index in [1.165, 1.54) is 44.5 Å². The zero-order valence-corrected chi connectivity index (χ0v) is 12.0. The average Bonchev–Trinajstić information content (AvgIpc) is 2.42. The first-order valence-electron chi connectivity index (χ1n) is 7.47. The van der Waals surface area contributed by atoms with E-state index in [4.69, 9.17) is 11.6 Å². The predicted molar refractivity (Wildman–Crippen MR) is 75.3 cm³/mol. The molecule has 1 aromatic rings. The van der Waals surface area contributed by atoms with Gasteiger partial charge in [-0.15, -0.1) is 0 Å². The molecule has 20 heavy (non-hydrogen) atoms. The maximum atomic E-state index is 12.3. The van der Waals surface area contributed by atoms with Crippen LogP contribution in [0.5, 0.6) is 0 Å². The Morgan fingerprint density at radius 2 is 1.70 bits per heavy atom. The fraction of sp³-hybridized carbons (Fsp3) is 0.667. The predicted octanol–water partition coefficient (Wildman–Crippen LogP) is 2.68. The summed E-state index contributed by atoms with van der Waals surface area (Å²) in [5, 5.41) is 3.53. The van der Waals surface area contributed by atoms with E-state index in [0.717, 1.165) is 11.8 Å². The van der Waals surface area contributed by atoms with Gasteiger partial charge < -0.3 is 5.32 Å². The van der Waals surface area contributed by atoms with E-state index in [-0.39, 0.29) is 5.91 Å². The summed E-state index contributed by atoms with van der Waals surface area (Å²) in [5.74, 6) is 3.08. The van der Waals surface area contributed by atoms with Crippen LogP contribution in [0.1, 0.15) is 42.6 Å². The minimum Gasteiger partial charge on any atom is -0.347 e. The largest absolute Gasteiger partial charge is 0.347 e. The van der Waals surface area contributed by atoms with Gasteiger partial charge in [-0.25, -0.2) is 9.97 Å². The molecule has 1 amide bonds. The van der Waals surface area contributed by atoms with Crippen LogP contribution in [0.4, 0.5) is 0 Å². The Balaban J connectivity index is 1.49. The Morgan fingerprint density at radius 3 is 2.25 bits per heavy atom. The third kappa shape index (κ3) is 2.10. The molecule has 4 bridgehead atoms. The van der Waals surface area contributed by atoms with E-state index in [0.29, 0.717) is 28.7 Å². The highest BCUT2D eigenvalue weighted by Crippen LogP contribution is 2.53. The topological polar surface area (TPSA) is 54.9 Å². The van der Waals surface area contributed by atoms with E-state index in [1.807, 2.05) is 0 Å². The molecule has 0 aromatic carbocycles. The van der Waals surface area contributed by atoms with Crippen LogP contribution < -0.4 is 5.32 Å². The lowest BCUT2D eigenvalue weighted by Gasteiger charge is -2.54. The molecule has 4 aliphatic rings. The fourth-order valence-electron chi connectivity index (χ4n) is 4.82. The number of nitrogens with one attached hydrogen (secondary N) is 1. The lowest BCUT2D eigenvalue weighted by molar-refractivity contribution is -0.0120. The third-order valence-electron chi connectivity index (χ3n) is 5.38. The van der Waals surface area contributed by atoms with Crippen molar-refractivity contribution in [3.63, 3.8) is 0 Å². The van der Waals surface area contributed by atoms with Gasteiger partial charge in [-0.2, -0.15) is 0 Å². The summed E-state index contributed by atoms with van der Waals surface area (Å²) in [6, 6.07) is 0.341. The summed E-state index contributed by atoms with van der Waals surface area (Å²) in [6.07, 6.45) is 9.49. The third-order valence-corrected chi connectivity index (χ3v) is 5.57. The van der Waals surface area contributed by atoms with Gasteiger partial charge in [0.25, 0.3) is 5.91 Å². The first-order valence-corrected chi connectivity index (χ1v) is 7.85. The van der Waals surface area contributed by atoms with Crippen LogP contribution in [-0.2, 0) is 0 Å². The SMILES string of the molecule is O=C(NC1C2CC3CC(C2)CC1C3)c1cnc(Cl)cn1. The number of aromatic nitrogens is 2. The summed E-state index contributed by atoms with van der Waals surface area (Å²) < 4.78 is 0. The lowest BCUT2D eigenvalue weighted by Crippen LogP contribution is -2.55. The number of hydrogen-bond acceptors (Lipinski definition) is 3. The normalized spacial score (nSPS) is 38.0. The van der Waals surface area contributed by atoms with Crippen LogP contribution >= 0.6 is 11.6 Å². The molecule has 4 aliphatic carbocycles. The molecule has 0 atom stereocenters. The van der Waals surface area contributed by atoms with Gasteiger partial charge in [0.1, 0.15) is 10.8 Å². The van der Waals surface area contributed by atoms with Crippen molar-refractivity contribution in [1.29, 1.82) is 0 Å². The van der Waals surface area contributed by atoms with Gasteiger partial charge in [0.15, 0.2) is 0 Å². The van der Waals surface area contributed by atoms with Crippen LogP contribution in [0.2, 0.25) is 5.15 Å². The molecular weight excluding hydrogens is 274 g/mol. The minimum atomic E-state index is -0.105. The van der Waals surface area contributed by atoms with Crippen molar-refractivity contribution in [2.45, 2.75) is 38.1 Å². The smallest absolute Gasteiger partial charge is 0.271 e. The molecule has 0 spiro atoms. The fourth-order valence-corrected chi connectivity index (χ4v) is 4.91. The molecule has 0 aliphatic heterocycles. The number of hydrogen-bond donors (Lipinski definition) is 1. The number of halogens is 1. The van der Waals surface area contributed by atoms with Crippen molar-refractivity contribution in [2.75, 3.05) is 0 Å². The van der Waals surface area contributed by atoms with Crippen LogP contribution in [0.3, 0.4) is 0 Å². The molecule has 5 rings (SSSR count). The second-order valence-corrected chi connectivity index (χ2v) is 7.04. The highest BCUT2D eigenvalue weighted by molar-refractivity contribution is 6.29. The number of carbonyl (C=O) groups excluding carboxylic acids is 1. The van der Waals surface area contributed by atoms with Gasteiger partial charge in [-0.05, 0) is 55.8 Å². The van der Waals surface area contributed by atoms with Gasteiger partial charge in [-0.1, -0.05) is 11.6 Å². The first-order chi connectivity index (χ1) is 9.69. The number of carbonyl (C=O) groups is 1. The minimum absolute atomic E-state index is 0.105. The highest BCUT2D eigenvalue weighted by atomic mass is 35.5. The van der Waals surface area contributed by atoms with E-state index >= 15 is 0 Å². The molecule has 0 radical (unpaired) electrons. The quantitative estimate of drug-likeness (QED) is 0.911. The molecule has 1 aromatic heterocycles. The monoisotopic (exact) mass is 291 g/mol. The zero-order chi connectivity index (χ0) is 13.7. The molecule has 4 saturated carbocycles. The number of nitrogens with zero attached hydrogens (tertiary/aromatic N) is 2. The van der Waals surface area contributed by atoms with E-state index < -0.39 is 0 Å². The molecule has 5 heteroatoms. The second kappa shape index (κ2) is 4.69. The highest BCUT2D eigenvalue weighted by Gasteiger charge is 2.48. The van der Waals surface area contributed by atoms with Crippen molar-refractivity contribution in [3.8, 4) is 0 Å². The Hall–Kier alpha value is -1.16. The number of amides is 1. The Labute approximate surface area is 123 Å².